The molecule has 23 heavy (non-hydrogen) atoms. The lowest BCUT2D eigenvalue weighted by Gasteiger charge is -2.19. The van der Waals surface area contributed by atoms with Gasteiger partial charge in [-0.25, -0.2) is 0 Å². The van der Waals surface area contributed by atoms with E-state index in [4.69, 9.17) is 0 Å². The summed E-state index contributed by atoms with van der Waals surface area (Å²) in [6.45, 7) is 4.86. The van der Waals surface area contributed by atoms with Crippen molar-refractivity contribution in [2.24, 2.45) is 5.92 Å². The zero-order valence-corrected chi connectivity index (χ0v) is 13.0. The Morgan fingerprint density at radius 2 is 2.13 bits per heavy atom. The number of aromatic amines is 1. The number of likely N-dealkylation sites (tertiary alicyclic amines) is 1. The highest BCUT2D eigenvalue weighted by Gasteiger charge is 2.34. The third-order valence-electron chi connectivity index (χ3n) is 4.27. The molecule has 2 amide bonds. The molecular weight excluding hydrogens is 301 g/mol. The van der Waals surface area contributed by atoms with Gasteiger partial charge in [-0.1, -0.05) is 19.1 Å². The molecule has 2 aliphatic heterocycles. The minimum Gasteiger partial charge on any atom is -0.350 e. The van der Waals surface area contributed by atoms with Gasteiger partial charge in [-0.15, -0.1) is 0 Å². The van der Waals surface area contributed by atoms with Gasteiger partial charge < -0.3 is 10.2 Å². The SMILES string of the molecule is CC1CN(C(=O)c2cc(F)[nH]n2)CC1NC(=O)CN1CC=CC1. The summed E-state index contributed by atoms with van der Waals surface area (Å²) in [6, 6.07) is 0.991. The molecule has 8 heteroatoms. The molecule has 0 saturated carbocycles. The minimum absolute atomic E-state index is 0.0364. The second-order valence-corrected chi connectivity index (χ2v) is 6.13. The van der Waals surface area contributed by atoms with Crippen LogP contribution in [0.1, 0.15) is 17.4 Å². The van der Waals surface area contributed by atoms with Crippen molar-refractivity contribution in [2.75, 3.05) is 32.7 Å². The molecule has 1 aromatic heterocycles. The molecular formula is C15H20FN5O2. The van der Waals surface area contributed by atoms with Crippen molar-refractivity contribution in [3.8, 4) is 0 Å². The quantitative estimate of drug-likeness (QED) is 0.765. The van der Waals surface area contributed by atoms with Gasteiger partial charge in [-0.05, 0) is 5.92 Å². The van der Waals surface area contributed by atoms with Crippen LogP contribution in [0.15, 0.2) is 18.2 Å². The van der Waals surface area contributed by atoms with Crippen molar-refractivity contribution in [3.05, 3.63) is 29.9 Å². The van der Waals surface area contributed by atoms with Crippen LogP contribution in [0, 0.1) is 11.9 Å². The maximum atomic E-state index is 12.9. The number of hydrogen-bond acceptors (Lipinski definition) is 4. The first-order valence-electron chi connectivity index (χ1n) is 7.70. The highest BCUT2D eigenvalue weighted by Crippen LogP contribution is 2.18. The minimum atomic E-state index is -0.635. The van der Waals surface area contributed by atoms with Crippen LogP contribution < -0.4 is 5.32 Å². The summed E-state index contributed by atoms with van der Waals surface area (Å²) in [4.78, 5) is 28.0. The van der Waals surface area contributed by atoms with Gasteiger partial charge in [0.25, 0.3) is 5.91 Å². The Kier molecular flexibility index (Phi) is 4.42. The number of halogens is 1. The molecule has 1 aromatic rings. The third kappa shape index (κ3) is 3.58. The van der Waals surface area contributed by atoms with Crippen molar-refractivity contribution in [1.82, 2.24) is 25.3 Å². The van der Waals surface area contributed by atoms with Gasteiger partial charge in [-0.2, -0.15) is 9.49 Å². The van der Waals surface area contributed by atoms with E-state index in [1.54, 1.807) is 4.90 Å². The van der Waals surface area contributed by atoms with E-state index in [0.29, 0.717) is 19.6 Å². The zero-order valence-electron chi connectivity index (χ0n) is 13.0. The lowest BCUT2D eigenvalue weighted by Crippen LogP contribution is -2.44. The molecule has 0 radical (unpaired) electrons. The number of amides is 2. The molecule has 0 aliphatic carbocycles. The number of nitrogens with one attached hydrogen (secondary N) is 2. The summed E-state index contributed by atoms with van der Waals surface area (Å²) in [5.74, 6) is -0.851. The number of carbonyl (C=O) groups is 2. The van der Waals surface area contributed by atoms with Gasteiger partial charge in [0.05, 0.1) is 12.6 Å². The smallest absolute Gasteiger partial charge is 0.274 e. The Hall–Kier alpha value is -2.22. The molecule has 0 aromatic carbocycles. The van der Waals surface area contributed by atoms with E-state index < -0.39 is 5.95 Å². The first-order chi connectivity index (χ1) is 11.0. The van der Waals surface area contributed by atoms with E-state index in [2.05, 4.69) is 15.5 Å². The Morgan fingerprint density at radius 3 is 2.78 bits per heavy atom. The van der Waals surface area contributed by atoms with E-state index in [0.717, 1.165) is 19.2 Å². The highest BCUT2D eigenvalue weighted by molar-refractivity contribution is 5.92. The molecule has 2 atom stereocenters. The van der Waals surface area contributed by atoms with Crippen molar-refractivity contribution in [3.63, 3.8) is 0 Å². The molecule has 2 unspecified atom stereocenters. The lowest BCUT2D eigenvalue weighted by molar-refractivity contribution is -0.122. The molecule has 0 bridgehead atoms. The summed E-state index contributed by atoms with van der Waals surface area (Å²) in [5, 5.41) is 8.76. The number of H-pyrrole nitrogens is 1. The van der Waals surface area contributed by atoms with Gasteiger partial charge in [-0.3, -0.25) is 19.6 Å². The Labute approximate surface area is 133 Å². The summed E-state index contributed by atoms with van der Waals surface area (Å²) >= 11 is 0. The van der Waals surface area contributed by atoms with Crippen molar-refractivity contribution < 1.29 is 14.0 Å². The molecule has 1 fully saturated rings. The Morgan fingerprint density at radius 1 is 1.39 bits per heavy atom. The monoisotopic (exact) mass is 321 g/mol. The van der Waals surface area contributed by atoms with E-state index >= 15 is 0 Å². The van der Waals surface area contributed by atoms with Gasteiger partial charge in [0, 0.05) is 32.2 Å². The standard InChI is InChI=1S/C15H20FN5O2/c1-10-7-21(15(23)11-6-13(16)19-18-11)8-12(10)17-14(22)9-20-4-2-3-5-20/h2-3,6,10,12H,4-5,7-9H2,1H3,(H,17,22)(H,18,19). The maximum Gasteiger partial charge on any atom is 0.274 e. The summed E-state index contributed by atoms with van der Waals surface area (Å²) < 4.78 is 12.9. The van der Waals surface area contributed by atoms with Gasteiger partial charge in [0.1, 0.15) is 0 Å². The van der Waals surface area contributed by atoms with E-state index in [1.807, 2.05) is 24.0 Å². The lowest BCUT2D eigenvalue weighted by atomic mass is 10.1. The van der Waals surface area contributed by atoms with Crippen molar-refractivity contribution in [1.29, 1.82) is 0 Å². The normalized spacial score (nSPS) is 24.3. The van der Waals surface area contributed by atoms with E-state index in [9.17, 15) is 14.0 Å². The zero-order chi connectivity index (χ0) is 16.4. The largest absolute Gasteiger partial charge is 0.350 e. The van der Waals surface area contributed by atoms with Gasteiger partial charge in [0.2, 0.25) is 11.9 Å². The number of nitrogens with zero attached hydrogens (tertiary/aromatic N) is 3. The topological polar surface area (TPSA) is 81.3 Å². The molecule has 7 nitrogen and oxygen atoms in total. The van der Waals surface area contributed by atoms with Crippen LogP contribution in [0.4, 0.5) is 4.39 Å². The van der Waals surface area contributed by atoms with Crippen molar-refractivity contribution >= 4 is 11.8 Å². The van der Waals surface area contributed by atoms with Crippen LogP contribution in [0.5, 0.6) is 0 Å². The number of hydrogen-bond donors (Lipinski definition) is 2. The van der Waals surface area contributed by atoms with Gasteiger partial charge in [0.15, 0.2) is 5.69 Å². The van der Waals surface area contributed by atoms with Crippen LogP contribution in [-0.4, -0.2) is 70.6 Å². The average molecular weight is 321 g/mol. The number of rotatable bonds is 4. The molecule has 3 heterocycles. The second kappa shape index (κ2) is 6.49. The van der Waals surface area contributed by atoms with E-state index in [-0.39, 0.29) is 29.5 Å². The van der Waals surface area contributed by atoms with E-state index in [1.165, 1.54) is 0 Å². The predicted molar refractivity (Wildman–Crippen MR) is 81.1 cm³/mol. The van der Waals surface area contributed by atoms with Crippen LogP contribution >= 0.6 is 0 Å². The highest BCUT2D eigenvalue weighted by atomic mass is 19.1. The first-order valence-corrected chi connectivity index (χ1v) is 7.70. The van der Waals surface area contributed by atoms with Crippen molar-refractivity contribution in [2.45, 2.75) is 13.0 Å². The number of carbonyl (C=O) groups excluding carboxylic acids is 2. The van der Waals surface area contributed by atoms with Crippen LogP contribution in [0.2, 0.25) is 0 Å². The molecule has 0 spiro atoms. The fraction of sp³-hybridized carbons (Fsp3) is 0.533. The Bertz CT molecular complexity index is 621. The van der Waals surface area contributed by atoms with Crippen LogP contribution in [-0.2, 0) is 4.79 Å². The summed E-state index contributed by atoms with van der Waals surface area (Å²) in [5.41, 5.74) is 0.0600. The molecule has 1 saturated heterocycles. The predicted octanol–water partition coefficient (Wildman–Crippen LogP) is -0.00270. The fourth-order valence-corrected chi connectivity index (χ4v) is 3.00. The molecule has 124 valence electrons. The molecule has 2 N–H and O–H groups in total. The average Bonchev–Trinajstić information content (AvgIpc) is 3.22. The van der Waals surface area contributed by atoms with Crippen LogP contribution in [0.3, 0.4) is 0 Å². The first kappa shape index (κ1) is 15.7. The third-order valence-corrected chi connectivity index (χ3v) is 4.27. The Balaban J connectivity index is 1.53. The molecule has 2 aliphatic rings. The fourth-order valence-electron chi connectivity index (χ4n) is 3.00. The summed E-state index contributed by atoms with van der Waals surface area (Å²) in [6.07, 6.45) is 4.07. The molecule has 3 rings (SSSR count). The van der Waals surface area contributed by atoms with Gasteiger partial charge >= 0.3 is 0 Å². The number of aromatic nitrogens is 2. The summed E-state index contributed by atoms with van der Waals surface area (Å²) in [7, 11) is 0. The maximum absolute atomic E-state index is 12.9. The van der Waals surface area contributed by atoms with Crippen LogP contribution in [0.25, 0.3) is 0 Å². The second-order valence-electron chi connectivity index (χ2n) is 6.13.